The predicted octanol–water partition coefficient (Wildman–Crippen LogP) is 2.68. The van der Waals surface area contributed by atoms with Crippen LogP contribution in [0.25, 0.3) is 17.0 Å². The van der Waals surface area contributed by atoms with E-state index in [0.29, 0.717) is 0 Å². The van der Waals surface area contributed by atoms with Gasteiger partial charge in [0.2, 0.25) is 0 Å². The molecule has 0 aliphatic heterocycles. The van der Waals surface area contributed by atoms with Crippen LogP contribution in [0.4, 0.5) is 0 Å². The third-order valence-corrected chi connectivity index (χ3v) is 4.21. The first-order valence-corrected chi connectivity index (χ1v) is 6.61. The molecule has 0 bridgehead atoms. The molecule has 3 unspecified atom stereocenters. The van der Waals surface area contributed by atoms with Crippen LogP contribution in [-0.4, -0.2) is 29.0 Å². The van der Waals surface area contributed by atoms with Crippen LogP contribution in [0, 0.1) is 0 Å². The van der Waals surface area contributed by atoms with E-state index in [4.69, 9.17) is 4.74 Å². The highest BCUT2D eigenvalue weighted by molar-refractivity contribution is 5.89. The summed E-state index contributed by atoms with van der Waals surface area (Å²) < 4.78 is 7.54. The Balaban J connectivity index is 2.29. The molecule has 0 fully saturated rings. The Morgan fingerprint density at radius 3 is 2.74 bits per heavy atom. The standard InChI is InChI=1S/C16H19NO2/c1-10-15-11-6-4-5-7-12(11)17(2)13(15)8-9-14(19-3)16(10)18/h4-10,14,16,18H,1-3H3. The lowest BCUT2D eigenvalue weighted by molar-refractivity contribution is 0.00626. The number of methoxy groups -OCH3 is 1. The van der Waals surface area contributed by atoms with Gasteiger partial charge in [-0.25, -0.2) is 0 Å². The van der Waals surface area contributed by atoms with Gasteiger partial charge in [-0.1, -0.05) is 31.2 Å². The molecule has 1 aliphatic rings. The molecule has 1 aliphatic carbocycles. The predicted molar refractivity (Wildman–Crippen MR) is 77.2 cm³/mol. The minimum absolute atomic E-state index is 0.0426. The quantitative estimate of drug-likeness (QED) is 0.852. The lowest BCUT2D eigenvalue weighted by Gasteiger charge is -2.23. The van der Waals surface area contributed by atoms with E-state index in [1.807, 2.05) is 18.2 Å². The fourth-order valence-corrected chi connectivity index (χ4v) is 3.10. The molecule has 3 rings (SSSR count). The topological polar surface area (TPSA) is 34.4 Å². The van der Waals surface area contributed by atoms with Gasteiger partial charge >= 0.3 is 0 Å². The maximum Gasteiger partial charge on any atom is 0.102 e. The van der Waals surface area contributed by atoms with Gasteiger partial charge in [-0.15, -0.1) is 0 Å². The number of aliphatic hydroxyl groups is 1. The van der Waals surface area contributed by atoms with Gasteiger partial charge in [0.25, 0.3) is 0 Å². The summed E-state index contributed by atoms with van der Waals surface area (Å²) in [5.41, 5.74) is 3.57. The highest BCUT2D eigenvalue weighted by Gasteiger charge is 2.31. The number of aromatic nitrogens is 1. The fraction of sp³-hybridized carbons (Fsp3) is 0.375. The molecule has 3 heteroatoms. The highest BCUT2D eigenvalue weighted by atomic mass is 16.5. The van der Waals surface area contributed by atoms with E-state index in [0.717, 1.165) is 5.69 Å². The van der Waals surface area contributed by atoms with Gasteiger partial charge < -0.3 is 14.4 Å². The van der Waals surface area contributed by atoms with E-state index in [1.165, 1.54) is 16.5 Å². The van der Waals surface area contributed by atoms with Crippen LogP contribution < -0.4 is 0 Å². The van der Waals surface area contributed by atoms with Crippen LogP contribution >= 0.6 is 0 Å². The Morgan fingerprint density at radius 1 is 1.26 bits per heavy atom. The SMILES string of the molecule is COC1C=Cc2c(c3ccccc3n2C)C(C)C1O. The van der Waals surface area contributed by atoms with Gasteiger partial charge in [-0.05, 0) is 17.7 Å². The summed E-state index contributed by atoms with van der Waals surface area (Å²) in [6, 6.07) is 8.33. The van der Waals surface area contributed by atoms with Crippen molar-refractivity contribution in [3.63, 3.8) is 0 Å². The molecule has 3 nitrogen and oxygen atoms in total. The molecule has 1 heterocycles. The van der Waals surface area contributed by atoms with E-state index in [1.54, 1.807) is 7.11 Å². The minimum Gasteiger partial charge on any atom is -0.389 e. The molecule has 0 amide bonds. The largest absolute Gasteiger partial charge is 0.389 e. The summed E-state index contributed by atoms with van der Waals surface area (Å²) in [6.45, 7) is 2.06. The average molecular weight is 257 g/mol. The van der Waals surface area contributed by atoms with Gasteiger partial charge in [-0.2, -0.15) is 0 Å². The van der Waals surface area contributed by atoms with E-state index in [2.05, 4.69) is 36.7 Å². The number of rotatable bonds is 1. The van der Waals surface area contributed by atoms with E-state index >= 15 is 0 Å². The third kappa shape index (κ3) is 1.73. The first kappa shape index (κ1) is 12.5. The first-order chi connectivity index (χ1) is 9.15. The van der Waals surface area contributed by atoms with Crippen LogP contribution in [0.3, 0.4) is 0 Å². The molecule has 0 saturated carbocycles. The molecule has 1 aromatic heterocycles. The van der Waals surface area contributed by atoms with Crippen LogP contribution in [0.2, 0.25) is 0 Å². The average Bonchev–Trinajstić information content (AvgIpc) is 2.64. The number of ether oxygens (including phenoxy) is 1. The van der Waals surface area contributed by atoms with Crippen molar-refractivity contribution in [1.29, 1.82) is 0 Å². The Morgan fingerprint density at radius 2 is 2.00 bits per heavy atom. The molecular weight excluding hydrogens is 238 g/mol. The maximum absolute atomic E-state index is 10.4. The molecule has 1 N–H and O–H groups in total. The number of aryl methyl sites for hydroxylation is 1. The molecule has 0 spiro atoms. The van der Waals surface area contributed by atoms with Crippen molar-refractivity contribution >= 4 is 17.0 Å². The third-order valence-electron chi connectivity index (χ3n) is 4.21. The number of benzene rings is 1. The summed E-state index contributed by atoms with van der Waals surface area (Å²) in [5.74, 6) is 0.0426. The first-order valence-electron chi connectivity index (χ1n) is 6.61. The molecule has 100 valence electrons. The van der Waals surface area contributed by atoms with Gasteiger partial charge in [0, 0.05) is 36.7 Å². The zero-order valence-electron chi connectivity index (χ0n) is 11.5. The number of aliphatic hydroxyl groups excluding tert-OH is 1. The fourth-order valence-electron chi connectivity index (χ4n) is 3.10. The Labute approximate surface area is 113 Å². The summed E-state index contributed by atoms with van der Waals surface area (Å²) >= 11 is 0. The smallest absolute Gasteiger partial charge is 0.102 e. The number of hydrogen-bond acceptors (Lipinski definition) is 2. The van der Waals surface area contributed by atoms with Crippen molar-refractivity contribution in [1.82, 2.24) is 4.57 Å². The molecule has 1 aromatic carbocycles. The zero-order valence-corrected chi connectivity index (χ0v) is 11.5. The van der Waals surface area contributed by atoms with Crippen LogP contribution in [-0.2, 0) is 11.8 Å². The second-order valence-electron chi connectivity index (χ2n) is 5.21. The molecule has 2 aromatic rings. The second kappa shape index (κ2) is 4.51. The Kier molecular flexibility index (Phi) is 2.96. The van der Waals surface area contributed by atoms with Crippen molar-refractivity contribution in [3.8, 4) is 0 Å². The van der Waals surface area contributed by atoms with Crippen molar-refractivity contribution in [2.24, 2.45) is 7.05 Å². The number of para-hydroxylation sites is 1. The Bertz CT molecular complexity index is 641. The summed E-state index contributed by atoms with van der Waals surface area (Å²) in [4.78, 5) is 0. The summed E-state index contributed by atoms with van der Waals surface area (Å²) in [5, 5.41) is 11.7. The van der Waals surface area contributed by atoms with Gasteiger partial charge in [-0.3, -0.25) is 0 Å². The monoisotopic (exact) mass is 257 g/mol. The van der Waals surface area contributed by atoms with Gasteiger partial charge in [0.1, 0.15) is 6.10 Å². The number of fused-ring (bicyclic) bond motifs is 3. The number of hydrogen-bond donors (Lipinski definition) is 1. The molecule has 3 atom stereocenters. The highest BCUT2D eigenvalue weighted by Crippen LogP contribution is 2.37. The van der Waals surface area contributed by atoms with Crippen LogP contribution in [0.1, 0.15) is 24.1 Å². The maximum atomic E-state index is 10.4. The normalized spacial score (nSPS) is 26.4. The lowest BCUT2D eigenvalue weighted by Crippen LogP contribution is -2.30. The zero-order chi connectivity index (χ0) is 13.6. The lowest BCUT2D eigenvalue weighted by atomic mass is 9.92. The van der Waals surface area contributed by atoms with Gasteiger partial charge in [0.15, 0.2) is 0 Å². The molecular formula is C16H19NO2. The van der Waals surface area contributed by atoms with Gasteiger partial charge in [0.05, 0.1) is 6.10 Å². The van der Waals surface area contributed by atoms with E-state index in [-0.39, 0.29) is 12.0 Å². The van der Waals surface area contributed by atoms with E-state index in [9.17, 15) is 5.11 Å². The van der Waals surface area contributed by atoms with Crippen LogP contribution in [0.5, 0.6) is 0 Å². The second-order valence-corrected chi connectivity index (χ2v) is 5.21. The summed E-state index contributed by atoms with van der Waals surface area (Å²) in [6.07, 6.45) is 3.25. The van der Waals surface area contributed by atoms with Crippen LogP contribution in [0.15, 0.2) is 30.3 Å². The molecule has 0 radical (unpaired) electrons. The van der Waals surface area contributed by atoms with Crippen molar-refractivity contribution < 1.29 is 9.84 Å². The van der Waals surface area contributed by atoms with Crippen molar-refractivity contribution in [3.05, 3.63) is 41.6 Å². The molecule has 19 heavy (non-hydrogen) atoms. The van der Waals surface area contributed by atoms with Crippen molar-refractivity contribution in [2.75, 3.05) is 7.11 Å². The Hall–Kier alpha value is -1.58. The van der Waals surface area contributed by atoms with E-state index < -0.39 is 6.10 Å². The van der Waals surface area contributed by atoms with Crippen molar-refractivity contribution in [2.45, 2.75) is 25.0 Å². The number of nitrogens with zero attached hydrogens (tertiary/aromatic N) is 1. The summed E-state index contributed by atoms with van der Waals surface area (Å²) in [7, 11) is 3.71. The molecule has 0 saturated heterocycles. The minimum atomic E-state index is -0.520.